The Labute approximate surface area is 85.4 Å². The molecule has 0 unspecified atom stereocenters. The maximum absolute atomic E-state index is 11.9. The quantitative estimate of drug-likeness (QED) is 0.618. The van der Waals surface area contributed by atoms with Crippen LogP contribution in [0.25, 0.3) is 0 Å². The molecular weight excluding hydrogens is 176 g/mol. The van der Waals surface area contributed by atoms with Crippen LogP contribution in [0.5, 0.6) is 0 Å². The Balaban J connectivity index is 1.91. The van der Waals surface area contributed by atoms with Gasteiger partial charge in [-0.05, 0) is 26.3 Å². The van der Waals surface area contributed by atoms with Gasteiger partial charge in [-0.15, -0.1) is 0 Å². The molecule has 0 saturated carbocycles. The molecule has 2 aliphatic rings. The zero-order chi connectivity index (χ0) is 9.97. The fraction of sp³-hybridized carbons (Fsp3) is 0.727. The first kappa shape index (κ1) is 9.71. The van der Waals surface area contributed by atoms with Crippen molar-refractivity contribution in [3.8, 4) is 0 Å². The first-order valence-electron chi connectivity index (χ1n) is 5.44. The summed E-state index contributed by atoms with van der Waals surface area (Å²) in [4.78, 5) is 16.2. The number of likely N-dealkylation sites (N-methyl/N-ethyl adjacent to an activating group) is 1. The van der Waals surface area contributed by atoms with Gasteiger partial charge >= 0.3 is 0 Å². The lowest BCUT2D eigenvalue weighted by Crippen LogP contribution is -2.47. The van der Waals surface area contributed by atoms with Crippen LogP contribution in [0.15, 0.2) is 11.6 Å². The third kappa shape index (κ3) is 1.98. The van der Waals surface area contributed by atoms with Gasteiger partial charge in [0.2, 0.25) is 5.91 Å². The van der Waals surface area contributed by atoms with Crippen molar-refractivity contribution in [3.05, 3.63) is 11.6 Å². The highest BCUT2D eigenvalue weighted by Gasteiger charge is 2.22. The molecule has 0 radical (unpaired) electrons. The van der Waals surface area contributed by atoms with E-state index >= 15 is 0 Å². The molecule has 0 aromatic rings. The molecule has 0 bridgehead atoms. The number of hydrogen-bond donors (Lipinski definition) is 0. The van der Waals surface area contributed by atoms with Crippen molar-refractivity contribution in [2.24, 2.45) is 0 Å². The van der Waals surface area contributed by atoms with Crippen LogP contribution in [0.1, 0.15) is 19.3 Å². The van der Waals surface area contributed by atoms with Crippen molar-refractivity contribution < 1.29 is 4.79 Å². The third-order valence-electron chi connectivity index (χ3n) is 3.11. The topological polar surface area (TPSA) is 23.6 Å². The highest BCUT2D eigenvalue weighted by Crippen LogP contribution is 2.20. The second-order valence-corrected chi connectivity index (χ2v) is 4.22. The van der Waals surface area contributed by atoms with E-state index < -0.39 is 0 Å². The predicted molar refractivity (Wildman–Crippen MR) is 56.0 cm³/mol. The molecule has 3 heteroatoms. The first-order valence-corrected chi connectivity index (χ1v) is 5.44. The zero-order valence-corrected chi connectivity index (χ0v) is 8.83. The van der Waals surface area contributed by atoms with Gasteiger partial charge in [0.1, 0.15) is 0 Å². The minimum atomic E-state index is 0.288. The Bertz CT molecular complexity index is 252. The fourth-order valence-corrected chi connectivity index (χ4v) is 2.08. The highest BCUT2D eigenvalue weighted by molar-refractivity contribution is 5.93. The Morgan fingerprint density at radius 3 is 2.57 bits per heavy atom. The van der Waals surface area contributed by atoms with Crippen LogP contribution in [0.3, 0.4) is 0 Å². The molecule has 0 atom stereocenters. The van der Waals surface area contributed by atoms with E-state index in [4.69, 9.17) is 0 Å². The van der Waals surface area contributed by atoms with Crippen LogP contribution in [-0.4, -0.2) is 48.9 Å². The minimum absolute atomic E-state index is 0.288. The van der Waals surface area contributed by atoms with Crippen LogP contribution in [0.2, 0.25) is 0 Å². The molecule has 2 rings (SSSR count). The van der Waals surface area contributed by atoms with Crippen molar-refractivity contribution in [1.29, 1.82) is 0 Å². The van der Waals surface area contributed by atoms with Crippen molar-refractivity contribution in [2.75, 3.05) is 33.2 Å². The largest absolute Gasteiger partial charge is 0.336 e. The molecular formula is C11H18N2O. The van der Waals surface area contributed by atoms with E-state index in [1.165, 1.54) is 0 Å². The number of carbonyl (C=O) groups is 1. The molecule has 0 spiro atoms. The van der Waals surface area contributed by atoms with Gasteiger partial charge in [-0.2, -0.15) is 0 Å². The van der Waals surface area contributed by atoms with Gasteiger partial charge in [0, 0.05) is 31.8 Å². The number of allylic oxidation sites excluding steroid dienone is 1. The smallest absolute Gasteiger partial charge is 0.249 e. The Kier molecular flexibility index (Phi) is 2.87. The van der Waals surface area contributed by atoms with Crippen molar-refractivity contribution in [2.45, 2.75) is 19.3 Å². The van der Waals surface area contributed by atoms with E-state index in [2.05, 4.69) is 18.0 Å². The lowest BCUT2D eigenvalue weighted by Gasteiger charge is -2.32. The second kappa shape index (κ2) is 4.13. The third-order valence-corrected chi connectivity index (χ3v) is 3.11. The van der Waals surface area contributed by atoms with Crippen LogP contribution in [-0.2, 0) is 4.79 Å². The Hall–Kier alpha value is -0.830. The monoisotopic (exact) mass is 194 g/mol. The molecule has 1 saturated heterocycles. The van der Waals surface area contributed by atoms with E-state index in [9.17, 15) is 4.79 Å². The standard InChI is InChI=1S/C11H18N2O/c1-12-6-8-13(9-7-12)11(14)10-4-2-3-5-10/h4H,2-3,5-9H2,1H3. The molecule has 1 aliphatic heterocycles. The normalized spacial score (nSPS) is 23.8. The number of piperazine rings is 1. The second-order valence-electron chi connectivity index (χ2n) is 4.22. The summed E-state index contributed by atoms with van der Waals surface area (Å²) in [5.74, 6) is 0.288. The average Bonchev–Trinajstić information content (AvgIpc) is 2.71. The van der Waals surface area contributed by atoms with Crippen molar-refractivity contribution in [3.63, 3.8) is 0 Å². The Morgan fingerprint density at radius 1 is 1.29 bits per heavy atom. The van der Waals surface area contributed by atoms with E-state index in [1.807, 2.05) is 4.90 Å². The number of rotatable bonds is 1. The van der Waals surface area contributed by atoms with E-state index in [0.29, 0.717) is 0 Å². The molecule has 0 aromatic carbocycles. The van der Waals surface area contributed by atoms with E-state index in [-0.39, 0.29) is 5.91 Å². The van der Waals surface area contributed by atoms with Crippen LogP contribution in [0, 0.1) is 0 Å². The average molecular weight is 194 g/mol. The van der Waals surface area contributed by atoms with Gasteiger partial charge in [0.05, 0.1) is 0 Å². The number of amides is 1. The molecule has 1 heterocycles. The minimum Gasteiger partial charge on any atom is -0.336 e. The number of hydrogen-bond acceptors (Lipinski definition) is 2. The first-order chi connectivity index (χ1) is 6.77. The lowest BCUT2D eigenvalue weighted by molar-refractivity contribution is -0.128. The van der Waals surface area contributed by atoms with Gasteiger partial charge in [-0.25, -0.2) is 0 Å². The molecule has 1 fully saturated rings. The SMILES string of the molecule is CN1CCN(C(=O)C2=CCCC2)CC1. The summed E-state index contributed by atoms with van der Waals surface area (Å²) in [5.41, 5.74) is 1.05. The van der Waals surface area contributed by atoms with Crippen molar-refractivity contribution in [1.82, 2.24) is 9.80 Å². The summed E-state index contributed by atoms with van der Waals surface area (Å²) in [6.07, 6.45) is 5.36. The molecule has 0 aromatic heterocycles. The molecule has 3 nitrogen and oxygen atoms in total. The molecule has 14 heavy (non-hydrogen) atoms. The summed E-state index contributed by atoms with van der Waals surface area (Å²) < 4.78 is 0. The van der Waals surface area contributed by atoms with Gasteiger partial charge < -0.3 is 9.80 Å². The predicted octanol–water partition coefficient (Wildman–Crippen LogP) is 0.871. The molecule has 1 aliphatic carbocycles. The number of carbonyl (C=O) groups excluding carboxylic acids is 1. The van der Waals surface area contributed by atoms with Gasteiger partial charge in [-0.1, -0.05) is 6.08 Å². The van der Waals surface area contributed by atoms with Crippen molar-refractivity contribution >= 4 is 5.91 Å². The molecule has 78 valence electrons. The van der Waals surface area contributed by atoms with E-state index in [1.54, 1.807) is 0 Å². The van der Waals surface area contributed by atoms with E-state index in [0.717, 1.165) is 51.0 Å². The summed E-state index contributed by atoms with van der Waals surface area (Å²) in [7, 11) is 2.11. The lowest BCUT2D eigenvalue weighted by atomic mass is 10.2. The summed E-state index contributed by atoms with van der Waals surface area (Å²) >= 11 is 0. The summed E-state index contributed by atoms with van der Waals surface area (Å²) in [6.45, 7) is 3.82. The summed E-state index contributed by atoms with van der Waals surface area (Å²) in [6, 6.07) is 0. The molecule has 1 amide bonds. The highest BCUT2D eigenvalue weighted by atomic mass is 16.2. The van der Waals surface area contributed by atoms with Gasteiger partial charge in [-0.3, -0.25) is 4.79 Å². The van der Waals surface area contributed by atoms with Gasteiger partial charge in [0.15, 0.2) is 0 Å². The maximum atomic E-state index is 11.9. The maximum Gasteiger partial charge on any atom is 0.249 e. The number of nitrogens with zero attached hydrogens (tertiary/aromatic N) is 2. The zero-order valence-electron chi connectivity index (χ0n) is 8.83. The van der Waals surface area contributed by atoms with Crippen LogP contribution < -0.4 is 0 Å². The van der Waals surface area contributed by atoms with Crippen LogP contribution >= 0.6 is 0 Å². The van der Waals surface area contributed by atoms with Crippen LogP contribution in [0.4, 0.5) is 0 Å². The van der Waals surface area contributed by atoms with Gasteiger partial charge in [0.25, 0.3) is 0 Å². The molecule has 0 N–H and O–H groups in total. The summed E-state index contributed by atoms with van der Waals surface area (Å²) in [5, 5.41) is 0. The fourth-order valence-electron chi connectivity index (χ4n) is 2.08. The Morgan fingerprint density at radius 2 is 2.00 bits per heavy atom.